The Morgan fingerprint density at radius 3 is 2.32 bits per heavy atom. The number of carboxylic acid groups (broad SMARTS) is 1. The van der Waals surface area contributed by atoms with Gasteiger partial charge in [-0.25, -0.2) is 8.42 Å². The molecule has 0 saturated carbocycles. The van der Waals surface area contributed by atoms with E-state index in [1.807, 2.05) is 30.3 Å². The fourth-order valence-corrected chi connectivity index (χ4v) is 5.84. The molecule has 6 nitrogen and oxygen atoms in total. The molecule has 0 spiro atoms. The minimum atomic E-state index is -3.66. The molecule has 2 aromatic carbocycles. The molecule has 0 bridgehead atoms. The van der Waals surface area contributed by atoms with Gasteiger partial charge in [-0.05, 0) is 54.3 Å². The van der Waals surface area contributed by atoms with Crippen molar-refractivity contribution in [1.82, 2.24) is 4.31 Å². The second-order valence-corrected chi connectivity index (χ2v) is 9.55. The molecule has 1 heterocycles. The Labute approximate surface area is 169 Å². The van der Waals surface area contributed by atoms with Crippen LogP contribution in [0.25, 0.3) is 0 Å². The molecule has 148 valence electrons. The topological polar surface area (TPSA) is 77.9 Å². The second-order valence-electron chi connectivity index (χ2n) is 7.20. The van der Waals surface area contributed by atoms with Gasteiger partial charge in [0.15, 0.2) is 0 Å². The zero-order chi connectivity index (χ0) is 19.9. The lowest BCUT2D eigenvalue weighted by molar-refractivity contribution is -0.141. The normalized spacial score (nSPS) is 20.2. The summed E-state index contributed by atoms with van der Waals surface area (Å²) in [4.78, 5) is 13.7. The Morgan fingerprint density at radius 1 is 1.00 bits per heavy atom. The summed E-state index contributed by atoms with van der Waals surface area (Å²) >= 11 is 5.93. The molecule has 2 aliphatic rings. The van der Waals surface area contributed by atoms with E-state index in [-0.39, 0.29) is 11.3 Å². The van der Waals surface area contributed by atoms with Crippen molar-refractivity contribution in [3.8, 4) is 0 Å². The van der Waals surface area contributed by atoms with Gasteiger partial charge in [0, 0.05) is 36.9 Å². The summed E-state index contributed by atoms with van der Waals surface area (Å²) in [5.74, 6) is -1.43. The summed E-state index contributed by atoms with van der Waals surface area (Å²) in [6.07, 6.45) is 0.656. The molecule has 1 unspecified atom stereocenters. The van der Waals surface area contributed by atoms with Gasteiger partial charge in [0.2, 0.25) is 10.0 Å². The Kier molecular flexibility index (Phi) is 5.07. The summed E-state index contributed by atoms with van der Waals surface area (Å²) in [5, 5.41) is 9.98. The maximum absolute atomic E-state index is 13.3. The summed E-state index contributed by atoms with van der Waals surface area (Å²) in [6.45, 7) is 1.95. The number of fused-ring (bicyclic) bond motifs is 1. The van der Waals surface area contributed by atoms with Gasteiger partial charge in [0.25, 0.3) is 0 Å². The first-order valence-corrected chi connectivity index (χ1v) is 11.0. The van der Waals surface area contributed by atoms with Crippen LogP contribution < -0.4 is 4.90 Å². The molecule has 0 amide bonds. The number of nitrogens with zero attached hydrogens (tertiary/aromatic N) is 2. The van der Waals surface area contributed by atoms with Gasteiger partial charge in [0.05, 0.1) is 10.8 Å². The third-order valence-electron chi connectivity index (χ3n) is 5.54. The van der Waals surface area contributed by atoms with Gasteiger partial charge in [-0.2, -0.15) is 4.31 Å². The van der Waals surface area contributed by atoms with E-state index in [1.165, 1.54) is 4.31 Å². The van der Waals surface area contributed by atoms with Crippen LogP contribution in [0, 0.1) is 5.92 Å². The number of carbonyl (C=O) groups is 1. The van der Waals surface area contributed by atoms with E-state index in [4.69, 9.17) is 11.6 Å². The SMILES string of the molecule is O=C(O)C1Cc2cccc(S(=O)(=O)N3CCN(c4ccc(Cl)cc4)CC3)c2C1. The largest absolute Gasteiger partial charge is 0.481 e. The van der Waals surface area contributed by atoms with Crippen molar-refractivity contribution in [3.05, 3.63) is 58.6 Å². The fraction of sp³-hybridized carbons (Fsp3) is 0.350. The van der Waals surface area contributed by atoms with Gasteiger partial charge in [0.1, 0.15) is 0 Å². The number of carboxylic acids is 1. The van der Waals surface area contributed by atoms with Crippen molar-refractivity contribution in [2.75, 3.05) is 31.1 Å². The molecule has 8 heteroatoms. The maximum atomic E-state index is 13.3. The Morgan fingerprint density at radius 2 is 1.68 bits per heavy atom. The van der Waals surface area contributed by atoms with Gasteiger partial charge >= 0.3 is 5.97 Å². The summed E-state index contributed by atoms with van der Waals surface area (Å²) in [5.41, 5.74) is 2.51. The van der Waals surface area contributed by atoms with Crippen LogP contribution in [-0.4, -0.2) is 50.0 Å². The van der Waals surface area contributed by atoms with E-state index in [9.17, 15) is 18.3 Å². The van der Waals surface area contributed by atoms with Crippen molar-refractivity contribution in [2.45, 2.75) is 17.7 Å². The molecular weight excluding hydrogens is 400 g/mol. The molecule has 1 fully saturated rings. The van der Waals surface area contributed by atoms with Gasteiger partial charge < -0.3 is 10.0 Å². The predicted octanol–water partition coefficient (Wildman–Crippen LogP) is 2.65. The third kappa shape index (κ3) is 3.50. The number of hydrogen-bond acceptors (Lipinski definition) is 4. The zero-order valence-electron chi connectivity index (χ0n) is 15.2. The predicted molar refractivity (Wildman–Crippen MR) is 107 cm³/mol. The van der Waals surface area contributed by atoms with Crippen molar-refractivity contribution in [3.63, 3.8) is 0 Å². The standard InChI is InChI=1S/C20H21ClN2O4S/c21-16-4-6-17(7-5-16)22-8-10-23(11-9-22)28(26,27)19-3-1-2-14-12-15(20(24)25)13-18(14)19/h1-7,15H,8-13H2,(H,24,25). The zero-order valence-corrected chi connectivity index (χ0v) is 16.8. The lowest BCUT2D eigenvalue weighted by Gasteiger charge is -2.35. The highest BCUT2D eigenvalue weighted by Crippen LogP contribution is 2.33. The van der Waals surface area contributed by atoms with Crippen molar-refractivity contribution in [2.24, 2.45) is 5.92 Å². The van der Waals surface area contributed by atoms with E-state index in [0.717, 1.165) is 11.3 Å². The number of benzene rings is 2. The molecule has 1 saturated heterocycles. The minimum Gasteiger partial charge on any atom is -0.481 e. The fourth-order valence-electron chi connectivity index (χ4n) is 4.01. The summed E-state index contributed by atoms with van der Waals surface area (Å²) in [6, 6.07) is 12.7. The molecular formula is C20H21ClN2O4S. The molecule has 1 N–H and O–H groups in total. The first-order chi connectivity index (χ1) is 13.4. The van der Waals surface area contributed by atoms with Crippen LogP contribution >= 0.6 is 11.6 Å². The van der Waals surface area contributed by atoms with Crippen LogP contribution in [0.1, 0.15) is 11.1 Å². The van der Waals surface area contributed by atoms with Crippen LogP contribution in [0.3, 0.4) is 0 Å². The summed E-state index contributed by atoms with van der Waals surface area (Å²) in [7, 11) is -3.66. The Bertz CT molecular complexity index is 999. The lowest BCUT2D eigenvalue weighted by atomic mass is 10.1. The monoisotopic (exact) mass is 420 g/mol. The van der Waals surface area contributed by atoms with Crippen molar-refractivity contribution >= 4 is 33.3 Å². The molecule has 1 aliphatic carbocycles. The second kappa shape index (κ2) is 7.39. The van der Waals surface area contributed by atoms with Gasteiger partial charge in [-0.3, -0.25) is 4.79 Å². The minimum absolute atomic E-state index is 0.258. The molecule has 2 aromatic rings. The van der Waals surface area contributed by atoms with Crippen LogP contribution in [-0.2, 0) is 27.7 Å². The molecule has 0 radical (unpaired) electrons. The van der Waals surface area contributed by atoms with Crippen molar-refractivity contribution < 1.29 is 18.3 Å². The lowest BCUT2D eigenvalue weighted by Crippen LogP contribution is -2.48. The van der Waals surface area contributed by atoms with Crippen LogP contribution in [0.15, 0.2) is 47.4 Å². The van der Waals surface area contributed by atoms with Crippen LogP contribution in [0.4, 0.5) is 5.69 Å². The Balaban J connectivity index is 1.53. The number of rotatable bonds is 4. The number of anilines is 1. The van der Waals surface area contributed by atoms with E-state index in [2.05, 4.69) is 4.90 Å². The van der Waals surface area contributed by atoms with E-state index in [1.54, 1.807) is 12.1 Å². The first-order valence-electron chi connectivity index (χ1n) is 9.20. The highest BCUT2D eigenvalue weighted by Gasteiger charge is 2.35. The van der Waals surface area contributed by atoms with E-state index in [0.29, 0.717) is 43.2 Å². The maximum Gasteiger partial charge on any atom is 0.307 e. The number of aliphatic carboxylic acids is 1. The molecule has 0 aromatic heterocycles. The van der Waals surface area contributed by atoms with Gasteiger partial charge in [-0.15, -0.1) is 0 Å². The molecule has 1 aliphatic heterocycles. The third-order valence-corrected chi connectivity index (χ3v) is 7.78. The van der Waals surface area contributed by atoms with E-state index >= 15 is 0 Å². The van der Waals surface area contributed by atoms with Crippen LogP contribution in [0.5, 0.6) is 0 Å². The average molecular weight is 421 g/mol. The first kappa shape index (κ1) is 19.2. The smallest absolute Gasteiger partial charge is 0.307 e. The van der Waals surface area contributed by atoms with E-state index < -0.39 is 21.9 Å². The number of sulfonamides is 1. The highest BCUT2D eigenvalue weighted by atomic mass is 35.5. The average Bonchev–Trinajstić information content (AvgIpc) is 3.13. The number of piperazine rings is 1. The molecule has 4 rings (SSSR count). The summed E-state index contributed by atoms with van der Waals surface area (Å²) < 4.78 is 28.0. The number of halogens is 1. The Hall–Kier alpha value is -2.09. The van der Waals surface area contributed by atoms with Crippen molar-refractivity contribution in [1.29, 1.82) is 0 Å². The quantitative estimate of drug-likeness (QED) is 0.822. The van der Waals surface area contributed by atoms with Crippen LogP contribution in [0.2, 0.25) is 5.02 Å². The highest BCUT2D eigenvalue weighted by molar-refractivity contribution is 7.89. The molecule has 28 heavy (non-hydrogen) atoms. The number of hydrogen-bond donors (Lipinski definition) is 1. The molecule has 1 atom stereocenters. The van der Waals surface area contributed by atoms with Gasteiger partial charge in [-0.1, -0.05) is 23.7 Å².